The molecule has 0 bridgehead atoms. The minimum absolute atomic E-state index is 0. The number of fused-ring (bicyclic) bond motifs is 2. The molecule has 4 heteroatoms. The standard InChI is InChI=1S/C16H13.C9H7.2CH3.2ClH.Si.Zr/c1-12-10-14-8-5-9-15(16(14)11-12)13-6-3-2-4-7-13;1-2-5-9-7-3-6-8(9)4-1;;;;;;/h2-11H,1H3;1-7H;2*1H3;2*1H;;/q4*-1;;;;. The minimum atomic E-state index is 0. The third-order valence-electron chi connectivity index (χ3n) is 4.53. The Morgan fingerprint density at radius 2 is 1.32 bits per heavy atom. The van der Waals surface area contributed by atoms with Gasteiger partial charge in [0.1, 0.15) is 0 Å². The molecule has 5 rings (SSSR count). The molecule has 0 atom stereocenters. The molecule has 5 aromatic carbocycles. The molecule has 0 fully saturated rings. The summed E-state index contributed by atoms with van der Waals surface area (Å²) in [6.45, 7) is 5.21. The summed E-state index contributed by atoms with van der Waals surface area (Å²) >= 11 is 1.36. The first-order chi connectivity index (χ1) is 13.3. The van der Waals surface area contributed by atoms with Gasteiger partial charge in [0, 0.05) is 0 Å². The number of rotatable bonds is 1. The smallest absolute Gasteiger partial charge is 0.0809 e. The van der Waals surface area contributed by atoms with Crippen LogP contribution in [-0.2, 0) is 23.3 Å². The maximum atomic E-state index is 3.06. The summed E-state index contributed by atoms with van der Waals surface area (Å²) in [5.74, 6) is 0. The van der Waals surface area contributed by atoms with Crippen molar-refractivity contribution in [2.45, 2.75) is 6.92 Å². The number of benzene rings is 3. The molecular weight excluding hydrogens is 515 g/mol. The Balaban J connectivity index is 0. The maximum absolute atomic E-state index is 3.06. The first-order valence-electron chi connectivity index (χ1n) is 8.88. The summed E-state index contributed by atoms with van der Waals surface area (Å²) in [4.78, 5) is 0. The Labute approximate surface area is 216 Å². The van der Waals surface area contributed by atoms with Crippen LogP contribution in [0.25, 0.3) is 32.7 Å². The van der Waals surface area contributed by atoms with Crippen LogP contribution in [0.3, 0.4) is 0 Å². The van der Waals surface area contributed by atoms with Gasteiger partial charge in [-0.25, -0.2) is 0 Å². The van der Waals surface area contributed by atoms with Gasteiger partial charge >= 0.3 is 30.2 Å². The van der Waals surface area contributed by atoms with Crippen molar-refractivity contribution in [2.24, 2.45) is 0 Å². The predicted octanol–water partition coefficient (Wildman–Crippen LogP) is 8.45. The average Bonchev–Trinajstić information content (AvgIpc) is 3.36. The van der Waals surface area contributed by atoms with Crippen LogP contribution in [-0.4, -0.2) is 6.88 Å². The van der Waals surface area contributed by atoms with Crippen LogP contribution in [0.5, 0.6) is 0 Å². The second kappa shape index (κ2) is 16.2. The Bertz CT molecular complexity index is 1100. The number of hydrogen-bond acceptors (Lipinski definition) is 0. The number of halogens is 2. The molecule has 0 unspecified atom stereocenters. The molecule has 2 radical (unpaired) electrons. The van der Waals surface area contributed by atoms with Gasteiger partial charge in [-0.05, 0) is 5.56 Å². The number of hydrogen-bond donors (Lipinski definition) is 0. The van der Waals surface area contributed by atoms with Gasteiger partial charge in [0.05, 0.1) is 0 Å². The van der Waals surface area contributed by atoms with E-state index in [1.165, 1.54) is 61.6 Å². The van der Waals surface area contributed by atoms with Crippen LogP contribution in [0, 0.1) is 21.8 Å². The van der Waals surface area contributed by atoms with Crippen molar-refractivity contribution in [3.05, 3.63) is 124 Å². The fourth-order valence-corrected chi connectivity index (χ4v) is 3.32. The van der Waals surface area contributed by atoms with Crippen molar-refractivity contribution >= 4 is 53.2 Å². The summed E-state index contributed by atoms with van der Waals surface area (Å²) in [6, 6.07) is 36.2. The van der Waals surface area contributed by atoms with E-state index >= 15 is 0 Å². The Morgan fingerprint density at radius 3 is 2.00 bits per heavy atom. The first-order valence-corrected chi connectivity index (χ1v) is 13.1. The van der Waals surface area contributed by atoms with Crippen molar-refractivity contribution in [3.63, 3.8) is 0 Å². The van der Waals surface area contributed by atoms with Crippen LogP contribution in [0.2, 0.25) is 0 Å². The first kappa shape index (κ1) is 31.7. The molecule has 0 heterocycles. The van der Waals surface area contributed by atoms with Gasteiger partial charge < -0.3 is 14.9 Å². The zero-order valence-corrected chi connectivity index (χ0v) is 23.2. The van der Waals surface area contributed by atoms with Gasteiger partial charge in [0.25, 0.3) is 0 Å². The molecule has 0 saturated carbocycles. The van der Waals surface area contributed by atoms with Crippen molar-refractivity contribution in [1.82, 2.24) is 0 Å². The van der Waals surface area contributed by atoms with Crippen LogP contribution < -0.4 is 0 Å². The van der Waals surface area contributed by atoms with Crippen LogP contribution in [0.15, 0.2) is 103 Å². The molecule has 0 nitrogen and oxygen atoms in total. The van der Waals surface area contributed by atoms with Gasteiger partial charge in [-0.2, -0.15) is 23.6 Å². The van der Waals surface area contributed by atoms with Gasteiger partial charge in [0.15, 0.2) is 0 Å². The monoisotopic (exact) mass is 540 g/mol. The van der Waals surface area contributed by atoms with Crippen molar-refractivity contribution < 1.29 is 23.3 Å². The van der Waals surface area contributed by atoms with Crippen molar-refractivity contribution in [3.8, 4) is 11.1 Å². The number of aryl methyl sites for hydroxylation is 1. The van der Waals surface area contributed by atoms with E-state index in [1.54, 1.807) is 0 Å². The molecule has 0 spiro atoms. The maximum Gasteiger partial charge on any atom is -0.0809 e. The van der Waals surface area contributed by atoms with E-state index in [9.17, 15) is 0 Å². The fraction of sp³-hybridized carbons (Fsp3) is 0.0370. The van der Waals surface area contributed by atoms with Gasteiger partial charge in [0.2, 0.25) is 0 Å². The molecule has 31 heavy (non-hydrogen) atoms. The molecular formula is C27H28Cl2SiZr-4. The Morgan fingerprint density at radius 1 is 0.710 bits per heavy atom. The normalized spacial score (nSPS) is 8.65. The molecule has 0 aromatic heterocycles. The molecule has 162 valence electrons. The summed E-state index contributed by atoms with van der Waals surface area (Å²) in [6.07, 6.45) is 0. The van der Waals surface area contributed by atoms with Gasteiger partial charge in [-0.3, -0.25) is 0 Å². The van der Waals surface area contributed by atoms with Crippen molar-refractivity contribution in [1.29, 1.82) is 0 Å². The van der Waals surface area contributed by atoms with Crippen molar-refractivity contribution in [2.75, 3.05) is 0 Å². The zero-order chi connectivity index (χ0) is 19.1. The van der Waals surface area contributed by atoms with E-state index in [4.69, 9.17) is 0 Å². The van der Waals surface area contributed by atoms with Crippen LogP contribution in [0.4, 0.5) is 0 Å². The zero-order valence-electron chi connectivity index (χ0n) is 18.1. The fourth-order valence-electron chi connectivity index (χ4n) is 3.32. The topological polar surface area (TPSA) is 0 Å². The predicted molar refractivity (Wildman–Crippen MR) is 142 cm³/mol. The van der Waals surface area contributed by atoms with E-state index < -0.39 is 0 Å². The van der Waals surface area contributed by atoms with E-state index in [1.807, 2.05) is 0 Å². The molecule has 0 N–H and O–H groups in total. The van der Waals surface area contributed by atoms with Crippen LogP contribution in [0.1, 0.15) is 5.56 Å². The molecule has 0 aliphatic heterocycles. The van der Waals surface area contributed by atoms with E-state index in [2.05, 4.69) is 117 Å². The summed E-state index contributed by atoms with van der Waals surface area (Å²) < 4.78 is 0. The minimum Gasteiger partial charge on any atom is -0.168 e. The second-order valence-electron chi connectivity index (χ2n) is 6.36. The summed E-state index contributed by atoms with van der Waals surface area (Å²) in [5, 5.41) is 5.35. The quantitative estimate of drug-likeness (QED) is 0.147. The molecule has 5 aromatic rings. The Kier molecular flexibility index (Phi) is 16.6. The SMILES string of the molecule is Cc1cc2c(-c3ccccc3)cccc2[cH-]1.Cl.Cl.[CH3-].[CH3-].[Si]=[Zr].c1ccc2[cH-]ccc2c1. The van der Waals surface area contributed by atoms with Crippen LogP contribution >= 0.6 is 24.8 Å². The summed E-state index contributed by atoms with van der Waals surface area (Å²) in [7, 11) is 0. The molecule has 0 amide bonds. The van der Waals surface area contributed by atoms with E-state index in [0.717, 1.165) is 0 Å². The van der Waals surface area contributed by atoms with Gasteiger partial charge in [-0.15, -0.1) is 89.0 Å². The average molecular weight is 543 g/mol. The Hall–Kier alpha value is -1.44. The molecule has 0 saturated heterocycles. The summed E-state index contributed by atoms with van der Waals surface area (Å²) in [5.41, 5.74) is 3.95. The second-order valence-corrected chi connectivity index (χ2v) is 6.36. The van der Waals surface area contributed by atoms with E-state index in [0.29, 0.717) is 0 Å². The third-order valence-corrected chi connectivity index (χ3v) is 4.53. The van der Waals surface area contributed by atoms with Gasteiger partial charge in [-0.1, -0.05) is 55.0 Å². The molecule has 0 aliphatic carbocycles. The molecule has 0 aliphatic rings. The van der Waals surface area contributed by atoms with E-state index in [-0.39, 0.29) is 39.7 Å². The largest absolute Gasteiger partial charge is 0.168 e. The third kappa shape index (κ3) is 8.20.